The molecule has 1 aromatic heterocycles. The summed E-state index contributed by atoms with van der Waals surface area (Å²) < 4.78 is 6.97. The molecule has 0 fully saturated rings. The Morgan fingerprint density at radius 3 is 2.67 bits per heavy atom. The van der Waals surface area contributed by atoms with Gasteiger partial charge in [0.25, 0.3) is 0 Å². The molecule has 4 nitrogen and oxygen atoms in total. The minimum atomic E-state index is 0.465. The van der Waals surface area contributed by atoms with E-state index >= 15 is 0 Å². The van der Waals surface area contributed by atoms with Gasteiger partial charge in [-0.3, -0.25) is 4.68 Å². The number of halogens is 1. The van der Waals surface area contributed by atoms with E-state index in [4.69, 9.17) is 22.1 Å². The van der Waals surface area contributed by atoms with Crippen molar-refractivity contribution in [2.75, 3.05) is 7.11 Å². The molecule has 2 rings (SSSR count). The molecule has 96 valence electrons. The maximum atomic E-state index is 6.15. The average Bonchev–Trinajstić information content (AvgIpc) is 2.72. The van der Waals surface area contributed by atoms with Crippen LogP contribution in [0.3, 0.4) is 0 Å². The number of rotatable bonds is 3. The molecule has 2 N–H and O–H groups in total. The van der Waals surface area contributed by atoms with Gasteiger partial charge in [-0.05, 0) is 30.7 Å². The summed E-state index contributed by atoms with van der Waals surface area (Å²) >= 11 is 6.15. The number of hydrogen-bond donors (Lipinski definition) is 1. The Morgan fingerprint density at radius 1 is 1.39 bits per heavy atom. The van der Waals surface area contributed by atoms with E-state index in [1.165, 1.54) is 0 Å². The minimum Gasteiger partial charge on any atom is -0.495 e. The first kappa shape index (κ1) is 12.9. The third kappa shape index (κ3) is 2.21. The molecular weight excluding hydrogens is 250 g/mol. The van der Waals surface area contributed by atoms with Crippen molar-refractivity contribution in [3.8, 4) is 17.0 Å². The van der Waals surface area contributed by atoms with Gasteiger partial charge in [-0.15, -0.1) is 0 Å². The first-order chi connectivity index (χ1) is 8.56. The Labute approximate surface area is 111 Å². The molecule has 0 atom stereocenters. The van der Waals surface area contributed by atoms with Crippen molar-refractivity contribution < 1.29 is 4.74 Å². The zero-order valence-corrected chi connectivity index (χ0v) is 11.5. The first-order valence-electron chi connectivity index (χ1n) is 5.64. The van der Waals surface area contributed by atoms with Crippen LogP contribution in [0.4, 0.5) is 0 Å². The number of ether oxygens (including phenoxy) is 1. The van der Waals surface area contributed by atoms with Gasteiger partial charge in [-0.1, -0.05) is 11.6 Å². The third-order valence-corrected chi connectivity index (χ3v) is 3.26. The van der Waals surface area contributed by atoms with Crippen LogP contribution >= 0.6 is 11.6 Å². The molecule has 0 amide bonds. The molecule has 2 aromatic rings. The molecule has 0 spiro atoms. The first-order valence-corrected chi connectivity index (χ1v) is 6.02. The van der Waals surface area contributed by atoms with Gasteiger partial charge >= 0.3 is 0 Å². The highest BCUT2D eigenvalue weighted by Crippen LogP contribution is 2.33. The maximum Gasteiger partial charge on any atom is 0.137 e. The second-order valence-electron chi connectivity index (χ2n) is 4.15. The molecule has 1 aromatic carbocycles. The normalized spacial score (nSPS) is 10.7. The van der Waals surface area contributed by atoms with E-state index in [1.54, 1.807) is 11.8 Å². The van der Waals surface area contributed by atoms with Gasteiger partial charge in [0.15, 0.2) is 0 Å². The molecule has 5 heteroatoms. The highest BCUT2D eigenvalue weighted by atomic mass is 35.5. The van der Waals surface area contributed by atoms with Crippen LogP contribution in [-0.4, -0.2) is 16.9 Å². The molecule has 0 aliphatic rings. The summed E-state index contributed by atoms with van der Waals surface area (Å²) in [7, 11) is 3.49. The number of methoxy groups -OCH3 is 1. The second kappa shape index (κ2) is 5.00. The fraction of sp³-hybridized carbons (Fsp3) is 0.308. The summed E-state index contributed by atoms with van der Waals surface area (Å²) in [5, 5.41) is 5.03. The number of nitrogens with zero attached hydrogens (tertiary/aromatic N) is 2. The largest absolute Gasteiger partial charge is 0.495 e. The fourth-order valence-corrected chi connectivity index (χ4v) is 2.16. The molecule has 0 aliphatic carbocycles. The number of nitrogens with two attached hydrogens (primary N) is 1. The molecule has 0 saturated carbocycles. The van der Waals surface area contributed by atoms with Crippen molar-refractivity contribution in [2.45, 2.75) is 13.5 Å². The van der Waals surface area contributed by atoms with Crippen molar-refractivity contribution in [1.82, 2.24) is 9.78 Å². The van der Waals surface area contributed by atoms with Gasteiger partial charge < -0.3 is 10.5 Å². The van der Waals surface area contributed by atoms with Gasteiger partial charge in [-0.25, -0.2) is 0 Å². The minimum absolute atomic E-state index is 0.465. The van der Waals surface area contributed by atoms with E-state index in [-0.39, 0.29) is 0 Å². The van der Waals surface area contributed by atoms with Crippen LogP contribution in [0.15, 0.2) is 18.2 Å². The average molecular weight is 266 g/mol. The lowest BCUT2D eigenvalue weighted by Crippen LogP contribution is -2.03. The Kier molecular flexibility index (Phi) is 3.59. The summed E-state index contributed by atoms with van der Waals surface area (Å²) in [4.78, 5) is 0. The van der Waals surface area contributed by atoms with Crippen LogP contribution in [0.2, 0.25) is 5.02 Å². The molecule has 0 unspecified atom stereocenters. The molecular formula is C13H16ClN3O. The van der Waals surface area contributed by atoms with Crippen LogP contribution in [0, 0.1) is 6.92 Å². The number of benzene rings is 1. The second-order valence-corrected chi connectivity index (χ2v) is 4.56. The smallest absolute Gasteiger partial charge is 0.137 e. The van der Waals surface area contributed by atoms with Gasteiger partial charge in [0, 0.05) is 19.2 Å². The Balaban J connectivity index is 2.53. The molecule has 0 radical (unpaired) electrons. The van der Waals surface area contributed by atoms with Crippen LogP contribution < -0.4 is 10.5 Å². The highest BCUT2D eigenvalue weighted by Gasteiger charge is 2.12. The van der Waals surface area contributed by atoms with Crippen LogP contribution in [0.25, 0.3) is 11.3 Å². The Bertz CT molecular complexity index is 578. The van der Waals surface area contributed by atoms with Crippen molar-refractivity contribution in [1.29, 1.82) is 0 Å². The van der Waals surface area contributed by atoms with E-state index in [0.717, 1.165) is 22.5 Å². The Hall–Kier alpha value is -1.52. The van der Waals surface area contributed by atoms with Crippen LogP contribution in [0.5, 0.6) is 5.75 Å². The standard InChI is InChI=1S/C13H16ClN3O/c1-8-4-13(18-3)11(14)6-10(8)12-5-9(7-15)17(2)16-12/h4-6H,7,15H2,1-3H3. The zero-order valence-electron chi connectivity index (χ0n) is 10.7. The molecule has 0 bridgehead atoms. The predicted octanol–water partition coefficient (Wildman–Crippen LogP) is 2.52. The molecule has 0 aliphatic heterocycles. The van der Waals surface area contributed by atoms with Crippen LogP contribution in [0.1, 0.15) is 11.3 Å². The summed E-state index contributed by atoms with van der Waals surface area (Å²) in [6.45, 7) is 2.47. The fourth-order valence-electron chi connectivity index (χ4n) is 1.92. The SMILES string of the molecule is COc1cc(C)c(-c2cc(CN)n(C)n2)cc1Cl. The van der Waals surface area contributed by atoms with Crippen molar-refractivity contribution >= 4 is 11.6 Å². The summed E-state index contributed by atoms with van der Waals surface area (Å²) in [6, 6.07) is 5.76. The maximum absolute atomic E-state index is 6.15. The summed E-state index contributed by atoms with van der Waals surface area (Å²) in [5.74, 6) is 0.674. The van der Waals surface area contributed by atoms with Gasteiger partial charge in [0.1, 0.15) is 5.75 Å². The van der Waals surface area contributed by atoms with Crippen LogP contribution in [-0.2, 0) is 13.6 Å². The van der Waals surface area contributed by atoms with Gasteiger partial charge in [0.2, 0.25) is 0 Å². The summed E-state index contributed by atoms with van der Waals surface area (Å²) in [6.07, 6.45) is 0. The van der Waals surface area contributed by atoms with Gasteiger partial charge in [0.05, 0.1) is 23.5 Å². The van der Waals surface area contributed by atoms with E-state index in [1.807, 2.05) is 32.2 Å². The number of aromatic nitrogens is 2. The monoisotopic (exact) mass is 265 g/mol. The highest BCUT2D eigenvalue weighted by molar-refractivity contribution is 6.32. The number of hydrogen-bond acceptors (Lipinski definition) is 3. The molecule has 18 heavy (non-hydrogen) atoms. The topological polar surface area (TPSA) is 53.1 Å². The third-order valence-electron chi connectivity index (χ3n) is 2.96. The predicted molar refractivity (Wildman–Crippen MR) is 72.8 cm³/mol. The molecule has 1 heterocycles. The molecule has 0 saturated heterocycles. The van der Waals surface area contributed by atoms with E-state index in [0.29, 0.717) is 17.3 Å². The quantitative estimate of drug-likeness (QED) is 0.928. The Morgan fingerprint density at radius 2 is 2.11 bits per heavy atom. The van der Waals surface area contributed by atoms with E-state index in [2.05, 4.69) is 5.10 Å². The van der Waals surface area contributed by atoms with Crippen molar-refractivity contribution in [3.63, 3.8) is 0 Å². The van der Waals surface area contributed by atoms with E-state index < -0.39 is 0 Å². The zero-order chi connectivity index (χ0) is 13.3. The van der Waals surface area contributed by atoms with Gasteiger partial charge in [-0.2, -0.15) is 5.10 Å². The van der Waals surface area contributed by atoms with Crippen molar-refractivity contribution in [3.05, 3.63) is 34.5 Å². The lowest BCUT2D eigenvalue weighted by Gasteiger charge is -2.08. The lowest BCUT2D eigenvalue weighted by atomic mass is 10.1. The lowest BCUT2D eigenvalue weighted by molar-refractivity contribution is 0.415. The van der Waals surface area contributed by atoms with Crippen molar-refractivity contribution in [2.24, 2.45) is 12.8 Å². The van der Waals surface area contributed by atoms with E-state index in [9.17, 15) is 0 Å². The number of aryl methyl sites for hydroxylation is 2. The summed E-state index contributed by atoms with van der Waals surface area (Å²) in [5.41, 5.74) is 9.57.